The summed E-state index contributed by atoms with van der Waals surface area (Å²) in [6.45, 7) is 3.37. The average molecular weight is 278 g/mol. The molecule has 20 heavy (non-hydrogen) atoms. The van der Waals surface area contributed by atoms with Crippen LogP contribution in [0.25, 0.3) is 0 Å². The molecule has 3 rings (SSSR count). The van der Waals surface area contributed by atoms with E-state index in [9.17, 15) is 9.90 Å². The second kappa shape index (κ2) is 4.99. The molecule has 0 radical (unpaired) electrons. The molecule has 1 aromatic heterocycles. The Hall–Kier alpha value is -1.73. The van der Waals surface area contributed by atoms with Crippen LogP contribution >= 0.6 is 0 Å². The molecule has 7 nitrogen and oxygen atoms in total. The van der Waals surface area contributed by atoms with Crippen LogP contribution in [-0.2, 0) is 6.61 Å². The van der Waals surface area contributed by atoms with E-state index in [0.717, 1.165) is 25.9 Å². The van der Waals surface area contributed by atoms with Gasteiger partial charge in [-0.25, -0.2) is 14.8 Å². The van der Waals surface area contributed by atoms with Gasteiger partial charge in [0.2, 0.25) is 5.88 Å². The van der Waals surface area contributed by atoms with Gasteiger partial charge < -0.3 is 15.2 Å². The standard InChI is InChI=1S/C13H18N4O3/c1-13-3-2-10(5-14-7-13)17(13)12(19)20-11-9(6-18)4-15-8-16-11/h4,8,10,14,18H,2-3,5-7H2,1H3. The number of carbonyl (C=O) groups excluding carboxylic acids is 1. The molecule has 7 heteroatoms. The van der Waals surface area contributed by atoms with E-state index in [1.807, 2.05) is 4.90 Å². The number of nitrogens with one attached hydrogen (secondary N) is 1. The number of piperazine rings is 1. The van der Waals surface area contributed by atoms with Gasteiger partial charge in [0.05, 0.1) is 17.7 Å². The van der Waals surface area contributed by atoms with Crippen molar-refractivity contribution < 1.29 is 14.6 Å². The Balaban J connectivity index is 1.80. The third-order valence-corrected chi connectivity index (χ3v) is 4.15. The molecule has 0 saturated carbocycles. The van der Waals surface area contributed by atoms with E-state index in [2.05, 4.69) is 22.2 Å². The highest BCUT2D eigenvalue weighted by Gasteiger charge is 2.49. The lowest BCUT2D eigenvalue weighted by atomic mass is 9.99. The summed E-state index contributed by atoms with van der Waals surface area (Å²) in [7, 11) is 0. The molecule has 2 saturated heterocycles. The summed E-state index contributed by atoms with van der Waals surface area (Å²) in [6, 6.07) is 0.167. The van der Waals surface area contributed by atoms with Gasteiger partial charge in [-0.05, 0) is 19.8 Å². The molecule has 2 N–H and O–H groups in total. The zero-order valence-electron chi connectivity index (χ0n) is 11.4. The van der Waals surface area contributed by atoms with Gasteiger partial charge in [0.15, 0.2) is 0 Å². The highest BCUT2D eigenvalue weighted by Crippen LogP contribution is 2.36. The molecule has 2 aliphatic heterocycles. The van der Waals surface area contributed by atoms with Gasteiger partial charge in [0.25, 0.3) is 0 Å². The van der Waals surface area contributed by atoms with Crippen LogP contribution in [0, 0.1) is 0 Å². The Bertz CT molecular complexity index is 520. The Labute approximate surface area is 117 Å². The third kappa shape index (κ3) is 2.12. The minimum absolute atomic E-state index is 0.133. The van der Waals surface area contributed by atoms with Gasteiger partial charge >= 0.3 is 6.09 Å². The Morgan fingerprint density at radius 1 is 1.70 bits per heavy atom. The number of fused-ring (bicyclic) bond motifs is 2. The maximum Gasteiger partial charge on any atom is 0.417 e. The summed E-state index contributed by atoms with van der Waals surface area (Å²) in [5.41, 5.74) is 0.209. The summed E-state index contributed by atoms with van der Waals surface area (Å²) in [4.78, 5) is 22.0. The van der Waals surface area contributed by atoms with Gasteiger partial charge in [-0.2, -0.15) is 0 Å². The average Bonchev–Trinajstić information content (AvgIpc) is 2.65. The topological polar surface area (TPSA) is 87.6 Å². The first-order valence-corrected chi connectivity index (χ1v) is 6.76. The molecule has 1 aromatic rings. The molecule has 1 amide bonds. The fraction of sp³-hybridized carbons (Fsp3) is 0.615. The number of aliphatic hydroxyl groups is 1. The Kier molecular flexibility index (Phi) is 3.31. The predicted octanol–water partition coefficient (Wildman–Crippen LogP) is 0.294. The quantitative estimate of drug-likeness (QED) is 0.808. The molecule has 0 aromatic carbocycles. The second-order valence-electron chi connectivity index (χ2n) is 5.57. The zero-order chi connectivity index (χ0) is 14.2. The van der Waals surface area contributed by atoms with Crippen molar-refractivity contribution in [2.45, 2.75) is 38.0 Å². The van der Waals surface area contributed by atoms with E-state index < -0.39 is 6.09 Å². The number of hydrogen-bond donors (Lipinski definition) is 2. The van der Waals surface area contributed by atoms with E-state index in [-0.39, 0.29) is 24.1 Å². The number of aliphatic hydroxyl groups excluding tert-OH is 1. The molecule has 2 atom stereocenters. The number of ether oxygens (including phenoxy) is 1. The number of hydrogen-bond acceptors (Lipinski definition) is 6. The SMILES string of the molecule is CC12CCC(CNC1)N2C(=O)Oc1ncncc1CO. The molecule has 0 aliphatic carbocycles. The number of amides is 1. The summed E-state index contributed by atoms with van der Waals surface area (Å²) in [6.07, 6.45) is 4.30. The fourth-order valence-corrected chi connectivity index (χ4v) is 3.09. The zero-order valence-corrected chi connectivity index (χ0v) is 11.4. The Morgan fingerprint density at radius 2 is 2.55 bits per heavy atom. The van der Waals surface area contributed by atoms with Crippen molar-refractivity contribution in [3.05, 3.63) is 18.1 Å². The first-order chi connectivity index (χ1) is 9.64. The van der Waals surface area contributed by atoms with Gasteiger partial charge in [-0.1, -0.05) is 0 Å². The Morgan fingerprint density at radius 3 is 3.30 bits per heavy atom. The van der Waals surface area contributed by atoms with Gasteiger partial charge in [-0.15, -0.1) is 0 Å². The first kappa shape index (κ1) is 13.3. The van der Waals surface area contributed by atoms with Crippen LogP contribution in [0.4, 0.5) is 4.79 Å². The van der Waals surface area contributed by atoms with Crippen molar-refractivity contribution in [2.75, 3.05) is 13.1 Å². The van der Waals surface area contributed by atoms with Crippen LogP contribution in [0.2, 0.25) is 0 Å². The summed E-state index contributed by atoms with van der Waals surface area (Å²) in [5, 5.41) is 12.6. The molecule has 2 unspecified atom stereocenters. The smallest absolute Gasteiger partial charge is 0.391 e. The van der Waals surface area contributed by atoms with E-state index >= 15 is 0 Å². The molecule has 3 heterocycles. The molecule has 2 aliphatic rings. The van der Waals surface area contributed by atoms with Crippen molar-refractivity contribution >= 4 is 6.09 Å². The van der Waals surface area contributed by atoms with Crippen molar-refractivity contribution in [3.63, 3.8) is 0 Å². The van der Waals surface area contributed by atoms with Crippen molar-refractivity contribution in [1.82, 2.24) is 20.2 Å². The molecule has 0 spiro atoms. The van der Waals surface area contributed by atoms with Crippen LogP contribution in [0.15, 0.2) is 12.5 Å². The number of carbonyl (C=O) groups is 1. The first-order valence-electron chi connectivity index (χ1n) is 6.76. The van der Waals surface area contributed by atoms with Crippen LogP contribution in [0.3, 0.4) is 0 Å². The molecule has 2 fully saturated rings. The van der Waals surface area contributed by atoms with E-state index in [1.54, 1.807) is 0 Å². The van der Waals surface area contributed by atoms with Gasteiger partial charge in [-0.3, -0.25) is 4.90 Å². The molecular formula is C13H18N4O3. The van der Waals surface area contributed by atoms with Crippen LogP contribution in [-0.4, -0.2) is 50.7 Å². The van der Waals surface area contributed by atoms with E-state index in [1.165, 1.54) is 12.5 Å². The number of nitrogens with zero attached hydrogens (tertiary/aromatic N) is 3. The van der Waals surface area contributed by atoms with Crippen LogP contribution < -0.4 is 10.1 Å². The highest BCUT2D eigenvalue weighted by molar-refractivity contribution is 5.72. The van der Waals surface area contributed by atoms with Crippen LogP contribution in [0.5, 0.6) is 5.88 Å². The summed E-state index contributed by atoms with van der Waals surface area (Å²) in [5.74, 6) is 0.133. The van der Waals surface area contributed by atoms with Crippen molar-refractivity contribution in [1.29, 1.82) is 0 Å². The summed E-state index contributed by atoms with van der Waals surface area (Å²) >= 11 is 0. The van der Waals surface area contributed by atoms with E-state index in [0.29, 0.717) is 5.56 Å². The summed E-state index contributed by atoms with van der Waals surface area (Å²) < 4.78 is 5.37. The van der Waals surface area contributed by atoms with Crippen LogP contribution in [0.1, 0.15) is 25.3 Å². The highest BCUT2D eigenvalue weighted by atomic mass is 16.6. The van der Waals surface area contributed by atoms with E-state index in [4.69, 9.17) is 4.74 Å². The fourth-order valence-electron chi connectivity index (χ4n) is 3.09. The molecular weight excluding hydrogens is 260 g/mol. The van der Waals surface area contributed by atoms with Gasteiger partial charge in [0.1, 0.15) is 6.33 Å². The lowest BCUT2D eigenvalue weighted by molar-refractivity contribution is 0.0740. The lowest BCUT2D eigenvalue weighted by Gasteiger charge is -2.41. The maximum absolute atomic E-state index is 12.4. The molecule has 2 bridgehead atoms. The molecule has 108 valence electrons. The third-order valence-electron chi connectivity index (χ3n) is 4.15. The largest absolute Gasteiger partial charge is 0.417 e. The minimum Gasteiger partial charge on any atom is -0.391 e. The van der Waals surface area contributed by atoms with Crippen molar-refractivity contribution in [2.24, 2.45) is 0 Å². The monoisotopic (exact) mass is 278 g/mol. The van der Waals surface area contributed by atoms with Crippen molar-refractivity contribution in [3.8, 4) is 5.88 Å². The number of rotatable bonds is 2. The van der Waals surface area contributed by atoms with Gasteiger partial charge in [0, 0.05) is 25.3 Å². The minimum atomic E-state index is -0.398. The number of aromatic nitrogens is 2. The maximum atomic E-state index is 12.4. The second-order valence-corrected chi connectivity index (χ2v) is 5.57. The predicted molar refractivity (Wildman–Crippen MR) is 70.1 cm³/mol. The lowest BCUT2D eigenvalue weighted by Crippen LogP contribution is -2.61. The normalized spacial score (nSPS) is 28.5.